The molecule has 2 fully saturated rings. The summed E-state index contributed by atoms with van der Waals surface area (Å²) in [5.41, 5.74) is 0.951. The lowest BCUT2D eigenvalue weighted by Gasteiger charge is -2.20. The minimum Gasteiger partial charge on any atom is -0.341 e. The van der Waals surface area contributed by atoms with Crippen LogP contribution in [0.4, 0.5) is 0 Å². The molecule has 6 heteroatoms. The standard InChI is InChI=1S/C17H22N4O.ClH/c22-17(12-21-11-15-3-1-2-4-16(15)19-21)20-7-5-13-9-18-10-14(13)6-8-20;/h1-4,11,13-14,18H,5-10,12H2;1H/t13-,14+;. The van der Waals surface area contributed by atoms with E-state index in [0.29, 0.717) is 6.54 Å². The van der Waals surface area contributed by atoms with E-state index in [-0.39, 0.29) is 18.3 Å². The normalized spacial score (nSPS) is 24.1. The molecule has 2 aromatic rings. The number of amides is 1. The lowest BCUT2D eigenvalue weighted by atomic mass is 9.92. The summed E-state index contributed by atoms with van der Waals surface area (Å²) in [5.74, 6) is 1.70. The van der Waals surface area contributed by atoms with Gasteiger partial charge in [-0.15, -0.1) is 12.4 Å². The van der Waals surface area contributed by atoms with Crippen LogP contribution in [0.5, 0.6) is 0 Å². The van der Waals surface area contributed by atoms with Crippen molar-refractivity contribution in [3.63, 3.8) is 0 Å². The van der Waals surface area contributed by atoms with Crippen LogP contribution in [0.15, 0.2) is 30.5 Å². The number of hydrogen-bond donors (Lipinski definition) is 1. The van der Waals surface area contributed by atoms with Gasteiger partial charge in [-0.25, -0.2) is 0 Å². The van der Waals surface area contributed by atoms with E-state index in [9.17, 15) is 4.79 Å². The highest BCUT2D eigenvalue weighted by molar-refractivity contribution is 5.85. The van der Waals surface area contributed by atoms with Crippen LogP contribution in [-0.4, -0.2) is 46.8 Å². The summed E-state index contributed by atoms with van der Waals surface area (Å²) in [5, 5.41) is 9.05. The molecular weight excluding hydrogens is 312 g/mol. The average Bonchev–Trinajstić information content (AvgIpc) is 3.08. The Balaban J connectivity index is 0.00000156. The van der Waals surface area contributed by atoms with Crippen molar-refractivity contribution in [2.75, 3.05) is 26.2 Å². The molecule has 0 saturated carbocycles. The van der Waals surface area contributed by atoms with E-state index in [1.807, 2.05) is 35.4 Å². The Labute approximate surface area is 142 Å². The van der Waals surface area contributed by atoms with Crippen LogP contribution in [0.25, 0.3) is 10.9 Å². The molecule has 2 aliphatic rings. The zero-order chi connectivity index (χ0) is 14.9. The summed E-state index contributed by atoms with van der Waals surface area (Å²) in [6.45, 7) is 4.38. The first-order valence-electron chi connectivity index (χ1n) is 8.20. The molecule has 0 radical (unpaired) electrons. The number of nitrogens with zero attached hydrogens (tertiary/aromatic N) is 3. The molecule has 1 aromatic carbocycles. The Morgan fingerprint density at radius 1 is 1.17 bits per heavy atom. The molecule has 23 heavy (non-hydrogen) atoms. The average molecular weight is 335 g/mol. The number of benzene rings is 1. The number of carbonyl (C=O) groups excluding carboxylic acids is 1. The van der Waals surface area contributed by atoms with Crippen molar-refractivity contribution in [2.24, 2.45) is 11.8 Å². The number of rotatable bonds is 2. The van der Waals surface area contributed by atoms with E-state index in [0.717, 1.165) is 61.8 Å². The van der Waals surface area contributed by atoms with Crippen molar-refractivity contribution in [1.82, 2.24) is 20.0 Å². The van der Waals surface area contributed by atoms with E-state index in [4.69, 9.17) is 0 Å². The number of fused-ring (bicyclic) bond motifs is 2. The second kappa shape index (κ2) is 6.89. The van der Waals surface area contributed by atoms with Gasteiger partial charge in [0.15, 0.2) is 0 Å². The first-order valence-corrected chi connectivity index (χ1v) is 8.20. The molecule has 1 N–H and O–H groups in total. The fourth-order valence-corrected chi connectivity index (χ4v) is 3.80. The molecule has 5 nitrogen and oxygen atoms in total. The summed E-state index contributed by atoms with van der Waals surface area (Å²) in [4.78, 5) is 14.6. The van der Waals surface area contributed by atoms with Gasteiger partial charge >= 0.3 is 0 Å². The predicted octanol–water partition coefficient (Wildman–Crippen LogP) is 1.92. The Kier molecular flexibility index (Phi) is 4.87. The smallest absolute Gasteiger partial charge is 0.244 e. The minimum absolute atomic E-state index is 0. The monoisotopic (exact) mass is 334 g/mol. The second-order valence-corrected chi connectivity index (χ2v) is 6.52. The third-order valence-electron chi connectivity index (χ3n) is 5.13. The minimum atomic E-state index is 0. The fraction of sp³-hybridized carbons (Fsp3) is 0.529. The highest BCUT2D eigenvalue weighted by Crippen LogP contribution is 2.27. The summed E-state index contributed by atoms with van der Waals surface area (Å²) in [6, 6.07) is 7.99. The van der Waals surface area contributed by atoms with Crippen LogP contribution in [0.3, 0.4) is 0 Å². The highest BCUT2D eigenvalue weighted by atomic mass is 35.5. The van der Waals surface area contributed by atoms with Crippen molar-refractivity contribution in [1.29, 1.82) is 0 Å². The largest absolute Gasteiger partial charge is 0.341 e. The molecule has 0 aliphatic carbocycles. The number of carbonyl (C=O) groups is 1. The van der Waals surface area contributed by atoms with Gasteiger partial charge < -0.3 is 10.2 Å². The lowest BCUT2D eigenvalue weighted by molar-refractivity contribution is -0.132. The van der Waals surface area contributed by atoms with Crippen molar-refractivity contribution in [3.05, 3.63) is 30.5 Å². The fourth-order valence-electron chi connectivity index (χ4n) is 3.80. The summed E-state index contributed by atoms with van der Waals surface area (Å²) in [6.07, 6.45) is 4.22. The summed E-state index contributed by atoms with van der Waals surface area (Å²) >= 11 is 0. The van der Waals surface area contributed by atoms with Crippen molar-refractivity contribution >= 4 is 29.2 Å². The molecule has 2 atom stereocenters. The van der Waals surface area contributed by atoms with Crippen molar-refractivity contribution in [3.8, 4) is 0 Å². The summed E-state index contributed by atoms with van der Waals surface area (Å²) in [7, 11) is 0. The van der Waals surface area contributed by atoms with E-state index in [1.54, 1.807) is 4.68 Å². The predicted molar refractivity (Wildman–Crippen MR) is 92.6 cm³/mol. The van der Waals surface area contributed by atoms with Gasteiger partial charge in [-0.2, -0.15) is 5.10 Å². The Hall–Kier alpha value is -1.59. The number of hydrogen-bond acceptors (Lipinski definition) is 3. The maximum absolute atomic E-state index is 12.6. The van der Waals surface area contributed by atoms with Gasteiger partial charge in [-0.1, -0.05) is 18.2 Å². The first-order chi connectivity index (χ1) is 10.8. The van der Waals surface area contributed by atoms with Crippen molar-refractivity contribution < 1.29 is 4.79 Å². The van der Waals surface area contributed by atoms with E-state index in [1.165, 1.54) is 0 Å². The molecule has 0 spiro atoms. The van der Waals surface area contributed by atoms with E-state index < -0.39 is 0 Å². The summed E-state index contributed by atoms with van der Waals surface area (Å²) < 4.78 is 1.78. The molecule has 0 bridgehead atoms. The van der Waals surface area contributed by atoms with Gasteiger partial charge in [0.25, 0.3) is 0 Å². The number of likely N-dealkylation sites (tertiary alicyclic amines) is 1. The van der Waals surface area contributed by atoms with Crippen LogP contribution < -0.4 is 5.32 Å². The maximum atomic E-state index is 12.6. The molecule has 3 heterocycles. The highest BCUT2D eigenvalue weighted by Gasteiger charge is 2.31. The van der Waals surface area contributed by atoms with Crippen LogP contribution in [0, 0.1) is 11.8 Å². The topological polar surface area (TPSA) is 50.2 Å². The van der Waals surface area contributed by atoms with Gasteiger partial charge in [0.05, 0.1) is 5.52 Å². The third kappa shape index (κ3) is 3.35. The molecule has 1 aromatic heterocycles. The van der Waals surface area contributed by atoms with Gasteiger partial charge in [0, 0.05) is 24.7 Å². The number of halogens is 1. The molecule has 124 valence electrons. The van der Waals surface area contributed by atoms with Gasteiger partial charge in [-0.05, 0) is 43.8 Å². The Morgan fingerprint density at radius 3 is 2.57 bits per heavy atom. The van der Waals surface area contributed by atoms with Gasteiger partial charge in [0.2, 0.25) is 5.91 Å². The van der Waals surface area contributed by atoms with E-state index >= 15 is 0 Å². The van der Waals surface area contributed by atoms with Crippen LogP contribution in [0.2, 0.25) is 0 Å². The molecule has 4 rings (SSSR count). The lowest BCUT2D eigenvalue weighted by Crippen LogP contribution is -2.35. The molecular formula is C17H23ClN4O. The Bertz CT molecular complexity index is 639. The Morgan fingerprint density at radius 2 is 1.87 bits per heavy atom. The van der Waals surface area contributed by atoms with Crippen LogP contribution >= 0.6 is 12.4 Å². The zero-order valence-corrected chi connectivity index (χ0v) is 14.0. The first kappa shape index (κ1) is 16.3. The molecule has 2 aliphatic heterocycles. The van der Waals surface area contributed by atoms with E-state index in [2.05, 4.69) is 10.4 Å². The molecule has 1 amide bonds. The zero-order valence-electron chi connectivity index (χ0n) is 13.1. The van der Waals surface area contributed by atoms with Crippen LogP contribution in [-0.2, 0) is 11.3 Å². The maximum Gasteiger partial charge on any atom is 0.244 e. The molecule has 2 saturated heterocycles. The number of aromatic nitrogens is 2. The van der Waals surface area contributed by atoms with Crippen molar-refractivity contribution in [2.45, 2.75) is 19.4 Å². The van der Waals surface area contributed by atoms with Gasteiger partial charge in [-0.3, -0.25) is 9.48 Å². The second-order valence-electron chi connectivity index (χ2n) is 6.52. The SMILES string of the molecule is Cl.O=C(Cn1cc2ccccc2n1)N1CC[C@@H]2CNC[C@@H]2CC1. The molecule has 0 unspecified atom stereocenters. The third-order valence-corrected chi connectivity index (χ3v) is 5.13. The number of nitrogens with one attached hydrogen (secondary N) is 1. The quantitative estimate of drug-likeness (QED) is 0.912. The van der Waals surface area contributed by atoms with Gasteiger partial charge in [0.1, 0.15) is 6.54 Å². The van der Waals surface area contributed by atoms with Crippen LogP contribution in [0.1, 0.15) is 12.8 Å².